The number of aromatic nitrogens is 3. The predicted molar refractivity (Wildman–Crippen MR) is 133 cm³/mol. The van der Waals surface area contributed by atoms with Crippen molar-refractivity contribution in [2.75, 3.05) is 18.4 Å². The van der Waals surface area contributed by atoms with Gasteiger partial charge in [0.1, 0.15) is 10.7 Å². The molecule has 0 amide bonds. The SMILES string of the molecule is O=S(=O)(c1ccc(NCc2cn(Cc3ccccc3)nc2-c2ccccc2)nc1)N1CCCC1. The van der Waals surface area contributed by atoms with Gasteiger partial charge in [-0.1, -0.05) is 60.7 Å². The third-order valence-electron chi connectivity index (χ3n) is 5.97. The maximum Gasteiger partial charge on any atom is 0.244 e. The maximum atomic E-state index is 12.7. The lowest BCUT2D eigenvalue weighted by Crippen LogP contribution is -2.27. The Kier molecular flexibility index (Phi) is 6.42. The molecule has 5 rings (SSSR count). The van der Waals surface area contributed by atoms with Crippen molar-refractivity contribution >= 4 is 15.8 Å². The van der Waals surface area contributed by atoms with Crippen LogP contribution in [0.3, 0.4) is 0 Å². The molecule has 0 radical (unpaired) electrons. The Balaban J connectivity index is 1.34. The molecule has 1 N–H and O–H groups in total. The van der Waals surface area contributed by atoms with Gasteiger partial charge in [-0.3, -0.25) is 4.68 Å². The van der Waals surface area contributed by atoms with E-state index in [4.69, 9.17) is 5.10 Å². The summed E-state index contributed by atoms with van der Waals surface area (Å²) in [6.07, 6.45) is 5.31. The van der Waals surface area contributed by atoms with Crippen molar-refractivity contribution in [3.63, 3.8) is 0 Å². The monoisotopic (exact) mass is 473 g/mol. The summed E-state index contributed by atoms with van der Waals surface area (Å²) in [5, 5.41) is 8.17. The number of pyridine rings is 1. The van der Waals surface area contributed by atoms with Crippen molar-refractivity contribution in [1.29, 1.82) is 0 Å². The van der Waals surface area contributed by atoms with Crippen LogP contribution < -0.4 is 5.32 Å². The third kappa shape index (κ3) is 4.88. The van der Waals surface area contributed by atoms with E-state index in [1.165, 1.54) is 16.1 Å². The first kappa shape index (κ1) is 22.3. The summed E-state index contributed by atoms with van der Waals surface area (Å²) in [6.45, 7) is 2.36. The molecule has 0 aliphatic carbocycles. The summed E-state index contributed by atoms with van der Waals surface area (Å²) >= 11 is 0. The molecule has 7 nitrogen and oxygen atoms in total. The third-order valence-corrected chi connectivity index (χ3v) is 7.85. The van der Waals surface area contributed by atoms with E-state index in [-0.39, 0.29) is 4.90 Å². The normalized spacial score (nSPS) is 14.4. The Bertz CT molecular complexity index is 1330. The van der Waals surface area contributed by atoms with Gasteiger partial charge in [-0.15, -0.1) is 0 Å². The molecule has 1 aliphatic heterocycles. The van der Waals surface area contributed by atoms with Crippen LogP contribution in [-0.2, 0) is 23.1 Å². The summed E-state index contributed by atoms with van der Waals surface area (Å²) in [6, 6.07) is 23.7. The zero-order valence-electron chi connectivity index (χ0n) is 18.8. The quantitative estimate of drug-likeness (QED) is 0.411. The molecule has 0 spiro atoms. The van der Waals surface area contributed by atoms with Crippen LogP contribution in [0.4, 0.5) is 5.82 Å². The molecule has 174 valence electrons. The Morgan fingerprint density at radius 1 is 0.882 bits per heavy atom. The van der Waals surface area contributed by atoms with E-state index < -0.39 is 10.0 Å². The Labute approximate surface area is 200 Å². The molecule has 34 heavy (non-hydrogen) atoms. The fraction of sp³-hybridized carbons (Fsp3) is 0.231. The Hall–Kier alpha value is -3.49. The van der Waals surface area contributed by atoms with Gasteiger partial charge in [-0.25, -0.2) is 13.4 Å². The molecule has 0 bridgehead atoms. The van der Waals surface area contributed by atoms with Crippen LogP contribution in [0.5, 0.6) is 0 Å². The van der Waals surface area contributed by atoms with Crippen LogP contribution in [0, 0.1) is 0 Å². The fourth-order valence-corrected chi connectivity index (χ4v) is 5.65. The van der Waals surface area contributed by atoms with Crippen LogP contribution in [0.1, 0.15) is 24.0 Å². The zero-order chi connectivity index (χ0) is 23.4. The molecule has 3 heterocycles. The summed E-state index contributed by atoms with van der Waals surface area (Å²) in [4.78, 5) is 4.60. The number of sulfonamides is 1. The van der Waals surface area contributed by atoms with Crippen molar-refractivity contribution in [1.82, 2.24) is 19.1 Å². The zero-order valence-corrected chi connectivity index (χ0v) is 19.7. The molecule has 2 aromatic heterocycles. The minimum atomic E-state index is -3.46. The number of nitrogens with one attached hydrogen (secondary N) is 1. The number of nitrogens with zero attached hydrogens (tertiary/aromatic N) is 4. The number of benzene rings is 2. The number of hydrogen-bond acceptors (Lipinski definition) is 5. The van der Waals surface area contributed by atoms with Gasteiger partial charge in [0.25, 0.3) is 0 Å². The van der Waals surface area contributed by atoms with Crippen molar-refractivity contribution in [2.45, 2.75) is 30.8 Å². The second-order valence-corrected chi connectivity index (χ2v) is 10.3. The standard InChI is InChI=1S/C26H27N5O2S/c32-34(33,31-15-7-8-16-31)24-13-14-25(28-18-24)27-17-23-20-30(19-21-9-3-1-4-10-21)29-26(23)22-11-5-2-6-12-22/h1-6,9-14,18,20H,7-8,15-17,19H2,(H,27,28). The largest absolute Gasteiger partial charge is 0.366 e. The van der Waals surface area contributed by atoms with Gasteiger partial charge in [0.05, 0.1) is 12.2 Å². The maximum absolute atomic E-state index is 12.7. The first-order valence-electron chi connectivity index (χ1n) is 11.5. The molecule has 4 aromatic rings. The van der Waals surface area contributed by atoms with E-state index >= 15 is 0 Å². The highest BCUT2D eigenvalue weighted by Crippen LogP contribution is 2.24. The molecule has 2 aromatic carbocycles. The van der Waals surface area contributed by atoms with E-state index in [0.717, 1.165) is 29.7 Å². The number of rotatable bonds is 8. The fourth-order valence-electron chi connectivity index (χ4n) is 4.18. The lowest BCUT2D eigenvalue weighted by molar-refractivity contribution is 0.477. The van der Waals surface area contributed by atoms with Gasteiger partial charge in [0.2, 0.25) is 10.0 Å². The van der Waals surface area contributed by atoms with Crippen molar-refractivity contribution < 1.29 is 8.42 Å². The molecular weight excluding hydrogens is 446 g/mol. The first-order valence-corrected chi connectivity index (χ1v) is 12.9. The lowest BCUT2D eigenvalue weighted by atomic mass is 10.1. The Morgan fingerprint density at radius 2 is 1.59 bits per heavy atom. The van der Waals surface area contributed by atoms with Crippen LogP contribution in [0.2, 0.25) is 0 Å². The summed E-state index contributed by atoms with van der Waals surface area (Å²) in [7, 11) is -3.46. The van der Waals surface area contributed by atoms with Crippen LogP contribution in [0.15, 0.2) is 90.1 Å². The van der Waals surface area contributed by atoms with Gasteiger partial charge in [-0.2, -0.15) is 9.40 Å². The highest BCUT2D eigenvalue weighted by Gasteiger charge is 2.27. The van der Waals surface area contributed by atoms with Gasteiger partial charge in [-0.05, 0) is 30.5 Å². The lowest BCUT2D eigenvalue weighted by Gasteiger charge is -2.15. The van der Waals surface area contributed by atoms with E-state index in [1.807, 2.05) is 41.1 Å². The van der Waals surface area contributed by atoms with E-state index in [2.05, 4.69) is 40.8 Å². The van der Waals surface area contributed by atoms with E-state index in [1.54, 1.807) is 12.1 Å². The second kappa shape index (κ2) is 9.79. The molecule has 8 heteroatoms. The van der Waals surface area contributed by atoms with Gasteiger partial charge in [0, 0.05) is 43.2 Å². The second-order valence-electron chi connectivity index (χ2n) is 8.40. The van der Waals surface area contributed by atoms with Crippen LogP contribution >= 0.6 is 0 Å². The molecule has 0 saturated carbocycles. The van der Waals surface area contributed by atoms with Crippen LogP contribution in [-0.4, -0.2) is 40.6 Å². The molecule has 1 saturated heterocycles. The van der Waals surface area contributed by atoms with Gasteiger partial charge in [0.15, 0.2) is 0 Å². The number of hydrogen-bond donors (Lipinski definition) is 1. The minimum absolute atomic E-state index is 0.237. The van der Waals surface area contributed by atoms with E-state index in [0.29, 0.717) is 32.0 Å². The van der Waals surface area contributed by atoms with Crippen molar-refractivity contribution in [3.8, 4) is 11.3 Å². The van der Waals surface area contributed by atoms with Crippen molar-refractivity contribution in [3.05, 3.63) is 96.3 Å². The Morgan fingerprint density at radius 3 is 2.26 bits per heavy atom. The minimum Gasteiger partial charge on any atom is -0.366 e. The summed E-state index contributed by atoms with van der Waals surface area (Å²) < 4.78 is 29.0. The first-order chi connectivity index (χ1) is 16.6. The summed E-state index contributed by atoms with van der Waals surface area (Å²) in [5.74, 6) is 0.621. The average Bonchev–Trinajstić information content (AvgIpc) is 3.55. The molecule has 0 unspecified atom stereocenters. The smallest absolute Gasteiger partial charge is 0.244 e. The molecule has 1 fully saturated rings. The van der Waals surface area contributed by atoms with E-state index in [9.17, 15) is 8.42 Å². The average molecular weight is 474 g/mol. The van der Waals surface area contributed by atoms with Crippen molar-refractivity contribution in [2.24, 2.45) is 0 Å². The van der Waals surface area contributed by atoms with Crippen LogP contribution in [0.25, 0.3) is 11.3 Å². The number of anilines is 1. The predicted octanol–water partition coefficient (Wildman–Crippen LogP) is 4.39. The van der Waals surface area contributed by atoms with Gasteiger partial charge < -0.3 is 5.32 Å². The van der Waals surface area contributed by atoms with Gasteiger partial charge >= 0.3 is 0 Å². The highest BCUT2D eigenvalue weighted by molar-refractivity contribution is 7.89. The summed E-state index contributed by atoms with van der Waals surface area (Å²) in [5.41, 5.74) is 4.18. The molecular formula is C26H27N5O2S. The molecule has 0 atom stereocenters. The molecule has 1 aliphatic rings. The topological polar surface area (TPSA) is 80.1 Å². The highest BCUT2D eigenvalue weighted by atomic mass is 32.2.